The van der Waals surface area contributed by atoms with Crippen LogP contribution in [0.5, 0.6) is 5.75 Å². The van der Waals surface area contributed by atoms with Crippen molar-refractivity contribution in [2.45, 2.75) is 18.9 Å². The first-order valence-corrected chi connectivity index (χ1v) is 6.03. The Hall–Kier alpha value is -1.80. The Morgan fingerprint density at radius 3 is 2.28 bits per heavy atom. The molecular weight excluding hydrogens is 224 g/mol. The van der Waals surface area contributed by atoms with Crippen molar-refractivity contribution in [3.8, 4) is 5.75 Å². The highest BCUT2D eigenvalue weighted by Gasteiger charge is 2.24. The average Bonchev–Trinajstić information content (AvgIpc) is 2.40. The number of methoxy groups -OCH3 is 1. The lowest BCUT2D eigenvalue weighted by molar-refractivity contribution is 0.0570. The van der Waals surface area contributed by atoms with Gasteiger partial charge in [-0.3, -0.25) is 0 Å². The molecule has 0 spiro atoms. The van der Waals surface area contributed by atoms with Gasteiger partial charge >= 0.3 is 0 Å². The Labute approximate surface area is 108 Å². The number of hydrogen-bond acceptors (Lipinski definition) is 2. The lowest BCUT2D eigenvalue weighted by Crippen LogP contribution is -2.24. The second-order valence-electron chi connectivity index (χ2n) is 4.63. The maximum Gasteiger partial charge on any atom is 0.122 e. The topological polar surface area (TPSA) is 29.5 Å². The van der Waals surface area contributed by atoms with E-state index in [2.05, 4.69) is 0 Å². The Balaban J connectivity index is 2.28. The molecule has 0 saturated heterocycles. The molecule has 0 saturated carbocycles. The first-order valence-electron chi connectivity index (χ1n) is 6.03. The van der Waals surface area contributed by atoms with E-state index < -0.39 is 5.60 Å². The highest BCUT2D eigenvalue weighted by atomic mass is 16.5. The van der Waals surface area contributed by atoms with Gasteiger partial charge in [-0.1, -0.05) is 48.5 Å². The second-order valence-corrected chi connectivity index (χ2v) is 4.63. The third-order valence-electron chi connectivity index (χ3n) is 3.12. The number of aliphatic hydroxyl groups is 1. The van der Waals surface area contributed by atoms with E-state index in [0.29, 0.717) is 6.42 Å². The number of hydrogen-bond donors (Lipinski definition) is 1. The smallest absolute Gasteiger partial charge is 0.122 e. The summed E-state index contributed by atoms with van der Waals surface area (Å²) >= 11 is 0. The van der Waals surface area contributed by atoms with E-state index in [0.717, 1.165) is 16.9 Å². The summed E-state index contributed by atoms with van der Waals surface area (Å²) in [6, 6.07) is 17.5. The zero-order valence-corrected chi connectivity index (χ0v) is 10.8. The largest absolute Gasteiger partial charge is 0.496 e. The predicted octanol–water partition coefficient (Wildman–Crippen LogP) is 3.15. The minimum absolute atomic E-state index is 0.529. The molecule has 1 N–H and O–H groups in total. The van der Waals surface area contributed by atoms with Gasteiger partial charge in [-0.2, -0.15) is 0 Å². The molecule has 0 amide bonds. The molecule has 0 radical (unpaired) electrons. The Bertz CT molecular complexity index is 504. The van der Waals surface area contributed by atoms with Crippen LogP contribution in [0.25, 0.3) is 0 Å². The highest BCUT2D eigenvalue weighted by molar-refractivity contribution is 5.36. The molecule has 2 aromatic carbocycles. The summed E-state index contributed by atoms with van der Waals surface area (Å²) in [6.45, 7) is 1.83. The Morgan fingerprint density at radius 1 is 1.00 bits per heavy atom. The molecule has 0 aliphatic rings. The van der Waals surface area contributed by atoms with Crippen LogP contribution in [0.3, 0.4) is 0 Å². The molecule has 0 bridgehead atoms. The van der Waals surface area contributed by atoms with Crippen LogP contribution in [-0.4, -0.2) is 12.2 Å². The molecule has 0 aliphatic heterocycles. The van der Waals surface area contributed by atoms with Gasteiger partial charge in [0.1, 0.15) is 5.75 Å². The average molecular weight is 242 g/mol. The molecule has 18 heavy (non-hydrogen) atoms. The fourth-order valence-electron chi connectivity index (χ4n) is 2.12. The molecule has 0 heterocycles. The number of ether oxygens (including phenoxy) is 1. The van der Waals surface area contributed by atoms with Crippen molar-refractivity contribution in [2.75, 3.05) is 7.11 Å². The van der Waals surface area contributed by atoms with Crippen molar-refractivity contribution in [1.29, 1.82) is 0 Å². The van der Waals surface area contributed by atoms with E-state index in [9.17, 15) is 5.11 Å². The van der Waals surface area contributed by atoms with Crippen molar-refractivity contribution in [3.05, 3.63) is 65.7 Å². The van der Waals surface area contributed by atoms with Crippen molar-refractivity contribution in [2.24, 2.45) is 0 Å². The van der Waals surface area contributed by atoms with E-state index in [-0.39, 0.29) is 0 Å². The van der Waals surface area contributed by atoms with Gasteiger partial charge in [0.25, 0.3) is 0 Å². The molecule has 2 rings (SSSR count). The zero-order valence-electron chi connectivity index (χ0n) is 10.8. The molecule has 2 aromatic rings. The molecule has 0 fully saturated rings. The van der Waals surface area contributed by atoms with Gasteiger partial charge in [0.15, 0.2) is 0 Å². The maximum absolute atomic E-state index is 10.6. The fourth-order valence-corrected chi connectivity index (χ4v) is 2.12. The standard InChI is InChI=1S/C16H18O2/c1-16(17,14-9-4-3-5-10-14)12-13-8-6-7-11-15(13)18-2/h3-11,17H,12H2,1-2H3. The van der Waals surface area contributed by atoms with Crippen LogP contribution in [-0.2, 0) is 12.0 Å². The van der Waals surface area contributed by atoms with Gasteiger partial charge in [-0.25, -0.2) is 0 Å². The minimum atomic E-state index is -0.893. The van der Waals surface area contributed by atoms with Gasteiger partial charge in [-0.15, -0.1) is 0 Å². The zero-order chi connectivity index (χ0) is 13.0. The maximum atomic E-state index is 10.6. The van der Waals surface area contributed by atoms with Gasteiger partial charge in [0.05, 0.1) is 12.7 Å². The number of rotatable bonds is 4. The molecule has 1 unspecified atom stereocenters. The fraction of sp³-hybridized carbons (Fsp3) is 0.250. The minimum Gasteiger partial charge on any atom is -0.496 e. The van der Waals surface area contributed by atoms with E-state index >= 15 is 0 Å². The van der Waals surface area contributed by atoms with Crippen LogP contribution >= 0.6 is 0 Å². The van der Waals surface area contributed by atoms with Crippen molar-refractivity contribution >= 4 is 0 Å². The van der Waals surface area contributed by atoms with Crippen LogP contribution in [0.2, 0.25) is 0 Å². The second kappa shape index (κ2) is 5.23. The first-order chi connectivity index (χ1) is 8.63. The van der Waals surface area contributed by atoms with Gasteiger partial charge in [-0.05, 0) is 24.1 Å². The van der Waals surface area contributed by atoms with Crippen LogP contribution in [0.1, 0.15) is 18.1 Å². The van der Waals surface area contributed by atoms with E-state index in [1.165, 1.54) is 0 Å². The molecule has 0 aromatic heterocycles. The van der Waals surface area contributed by atoms with E-state index in [1.807, 2.05) is 61.5 Å². The van der Waals surface area contributed by atoms with Crippen LogP contribution in [0, 0.1) is 0 Å². The summed E-state index contributed by atoms with van der Waals surface area (Å²) in [4.78, 5) is 0. The predicted molar refractivity (Wildman–Crippen MR) is 72.7 cm³/mol. The van der Waals surface area contributed by atoms with E-state index in [1.54, 1.807) is 7.11 Å². The molecule has 2 nitrogen and oxygen atoms in total. The normalized spacial score (nSPS) is 13.9. The number of benzene rings is 2. The summed E-state index contributed by atoms with van der Waals surface area (Å²) in [5.41, 5.74) is 1.03. The van der Waals surface area contributed by atoms with Crippen LogP contribution in [0.4, 0.5) is 0 Å². The first kappa shape index (κ1) is 12.7. The molecule has 1 atom stereocenters. The Morgan fingerprint density at radius 2 is 1.61 bits per heavy atom. The summed E-state index contributed by atoms with van der Waals surface area (Å²) in [5, 5.41) is 10.6. The quantitative estimate of drug-likeness (QED) is 0.892. The molecule has 0 aliphatic carbocycles. The van der Waals surface area contributed by atoms with Crippen molar-refractivity contribution in [1.82, 2.24) is 0 Å². The highest BCUT2D eigenvalue weighted by Crippen LogP contribution is 2.29. The van der Waals surface area contributed by atoms with Crippen molar-refractivity contribution in [3.63, 3.8) is 0 Å². The lowest BCUT2D eigenvalue weighted by atomic mass is 9.89. The molecule has 94 valence electrons. The van der Waals surface area contributed by atoms with Crippen molar-refractivity contribution < 1.29 is 9.84 Å². The summed E-state index contributed by atoms with van der Waals surface area (Å²) in [5.74, 6) is 0.814. The summed E-state index contributed by atoms with van der Waals surface area (Å²) < 4.78 is 5.32. The number of para-hydroxylation sites is 1. The SMILES string of the molecule is COc1ccccc1CC(C)(O)c1ccccc1. The van der Waals surface area contributed by atoms with Gasteiger partial charge in [0.2, 0.25) is 0 Å². The van der Waals surface area contributed by atoms with Crippen LogP contribution < -0.4 is 4.74 Å². The third kappa shape index (κ3) is 2.71. The lowest BCUT2D eigenvalue weighted by Gasteiger charge is -2.24. The summed E-state index contributed by atoms with van der Waals surface area (Å²) in [6.07, 6.45) is 0.529. The van der Waals surface area contributed by atoms with Gasteiger partial charge in [0, 0.05) is 6.42 Å². The summed E-state index contributed by atoms with van der Waals surface area (Å²) in [7, 11) is 1.65. The van der Waals surface area contributed by atoms with Crippen LogP contribution in [0.15, 0.2) is 54.6 Å². The Kier molecular flexibility index (Phi) is 3.68. The third-order valence-corrected chi connectivity index (χ3v) is 3.12. The van der Waals surface area contributed by atoms with E-state index in [4.69, 9.17) is 4.74 Å². The monoisotopic (exact) mass is 242 g/mol. The van der Waals surface area contributed by atoms with Gasteiger partial charge < -0.3 is 9.84 Å². The molecular formula is C16H18O2. The molecule has 2 heteroatoms.